The molecule has 19 heavy (non-hydrogen) atoms. The van der Waals surface area contributed by atoms with E-state index in [-0.39, 0.29) is 17.1 Å². The van der Waals surface area contributed by atoms with E-state index in [1.807, 2.05) is 0 Å². The van der Waals surface area contributed by atoms with Crippen LogP contribution in [0, 0.1) is 0 Å². The molecule has 0 spiro atoms. The molecular weight excluding hydrogens is 280 g/mol. The van der Waals surface area contributed by atoms with E-state index in [2.05, 4.69) is 16.9 Å². The number of hydrogen-bond donors (Lipinski definition) is 1. The van der Waals surface area contributed by atoms with Gasteiger partial charge in [0.15, 0.2) is 0 Å². The van der Waals surface area contributed by atoms with E-state index >= 15 is 0 Å². The summed E-state index contributed by atoms with van der Waals surface area (Å²) < 4.78 is 0. The van der Waals surface area contributed by atoms with Crippen molar-refractivity contribution in [2.75, 3.05) is 11.5 Å². The Labute approximate surface area is 120 Å². The first-order valence-electron chi connectivity index (χ1n) is 5.88. The molecule has 0 aromatic carbocycles. The van der Waals surface area contributed by atoms with Gasteiger partial charge < -0.3 is 5.32 Å². The predicted octanol–water partition coefficient (Wildman–Crippen LogP) is 2.12. The highest BCUT2D eigenvalue weighted by Gasteiger charge is 2.27. The molecule has 0 radical (unpaired) electrons. The smallest absolute Gasteiger partial charge is 0.254 e. The van der Waals surface area contributed by atoms with Crippen LogP contribution in [0.15, 0.2) is 36.0 Å². The molecule has 1 aromatic heterocycles. The van der Waals surface area contributed by atoms with Crippen LogP contribution in [0.25, 0.3) is 0 Å². The van der Waals surface area contributed by atoms with E-state index in [0.29, 0.717) is 22.8 Å². The van der Waals surface area contributed by atoms with Crippen LogP contribution in [0.2, 0.25) is 0 Å². The summed E-state index contributed by atoms with van der Waals surface area (Å²) in [6.07, 6.45) is 4.11. The van der Waals surface area contributed by atoms with Crippen LogP contribution < -0.4 is 5.32 Å². The van der Waals surface area contributed by atoms with Gasteiger partial charge in [-0.3, -0.25) is 9.59 Å². The Morgan fingerprint density at radius 3 is 3.21 bits per heavy atom. The van der Waals surface area contributed by atoms with Crippen molar-refractivity contribution in [2.24, 2.45) is 0 Å². The van der Waals surface area contributed by atoms with Crippen molar-refractivity contribution in [2.45, 2.75) is 17.5 Å². The summed E-state index contributed by atoms with van der Waals surface area (Å²) in [7, 11) is 0. The lowest BCUT2D eigenvalue weighted by Gasteiger charge is -2.11. The van der Waals surface area contributed by atoms with Crippen LogP contribution in [0.5, 0.6) is 0 Å². The molecule has 4 nitrogen and oxygen atoms in total. The van der Waals surface area contributed by atoms with Crippen LogP contribution in [-0.4, -0.2) is 33.6 Å². The molecule has 0 aliphatic carbocycles. The lowest BCUT2D eigenvalue weighted by atomic mass is 10.2. The normalized spacial score (nSPS) is 18.3. The Hall–Kier alpha value is -1.27. The fraction of sp³-hybridized carbons (Fsp3) is 0.308. The number of hydrogen-bond acceptors (Lipinski definition) is 5. The molecule has 1 aliphatic rings. The van der Waals surface area contributed by atoms with Gasteiger partial charge in [-0.25, -0.2) is 4.98 Å². The maximum Gasteiger partial charge on any atom is 0.254 e. The van der Waals surface area contributed by atoms with Gasteiger partial charge in [-0.1, -0.05) is 17.8 Å². The number of pyridine rings is 1. The maximum absolute atomic E-state index is 12.2. The van der Waals surface area contributed by atoms with Gasteiger partial charge in [-0.15, -0.1) is 18.3 Å². The minimum Gasteiger partial charge on any atom is -0.341 e. The summed E-state index contributed by atoms with van der Waals surface area (Å²) >= 11 is 2.73. The summed E-state index contributed by atoms with van der Waals surface area (Å²) in [6.45, 7) is 3.65. The summed E-state index contributed by atoms with van der Waals surface area (Å²) in [6, 6.07) is 3.08. The zero-order valence-electron chi connectivity index (χ0n) is 10.3. The Kier molecular flexibility index (Phi) is 5.04. The van der Waals surface area contributed by atoms with Crippen LogP contribution in [-0.2, 0) is 4.79 Å². The topological polar surface area (TPSA) is 59.1 Å². The molecule has 1 unspecified atom stereocenters. The standard InChI is InChI=1S/C13H14N2O2S2/c1-2-7-18-12-9(4-3-6-14-12)11(16)15-10-5-8-19-13(10)17/h2-4,6,10H,1,5,7-8H2,(H,15,16). The highest BCUT2D eigenvalue weighted by molar-refractivity contribution is 8.14. The molecule has 6 heteroatoms. The third kappa shape index (κ3) is 3.61. The maximum atomic E-state index is 12.2. The summed E-state index contributed by atoms with van der Waals surface area (Å²) in [5.74, 6) is 1.23. The molecule has 0 saturated carbocycles. The molecular formula is C13H14N2O2S2. The number of rotatable bonds is 5. The first-order valence-corrected chi connectivity index (χ1v) is 7.85. The lowest BCUT2D eigenvalue weighted by Crippen LogP contribution is -2.37. The van der Waals surface area contributed by atoms with Gasteiger partial charge in [0, 0.05) is 17.7 Å². The molecule has 2 rings (SSSR count). The average Bonchev–Trinajstić information content (AvgIpc) is 2.82. The molecule has 1 N–H and O–H groups in total. The van der Waals surface area contributed by atoms with Gasteiger partial charge in [0.2, 0.25) is 5.12 Å². The number of carbonyl (C=O) groups is 2. The second-order valence-electron chi connectivity index (χ2n) is 3.94. The van der Waals surface area contributed by atoms with Gasteiger partial charge in [0.05, 0.1) is 11.6 Å². The van der Waals surface area contributed by atoms with E-state index in [4.69, 9.17) is 0 Å². The summed E-state index contributed by atoms with van der Waals surface area (Å²) in [5, 5.41) is 3.48. The third-order valence-electron chi connectivity index (χ3n) is 2.59. The van der Waals surface area contributed by atoms with Gasteiger partial charge >= 0.3 is 0 Å². The monoisotopic (exact) mass is 294 g/mol. The van der Waals surface area contributed by atoms with Crippen molar-refractivity contribution in [3.05, 3.63) is 36.5 Å². The van der Waals surface area contributed by atoms with Gasteiger partial charge in [-0.2, -0.15) is 0 Å². The highest BCUT2D eigenvalue weighted by Crippen LogP contribution is 2.22. The Bertz CT molecular complexity index is 505. The summed E-state index contributed by atoms with van der Waals surface area (Å²) in [4.78, 5) is 27.9. The Balaban J connectivity index is 2.09. The van der Waals surface area contributed by atoms with E-state index in [1.165, 1.54) is 23.5 Å². The van der Waals surface area contributed by atoms with E-state index in [0.717, 1.165) is 5.75 Å². The number of amides is 1. The molecule has 1 atom stereocenters. The average molecular weight is 294 g/mol. The van der Waals surface area contributed by atoms with Crippen molar-refractivity contribution in [1.82, 2.24) is 10.3 Å². The van der Waals surface area contributed by atoms with Crippen LogP contribution in [0.3, 0.4) is 0 Å². The number of nitrogens with one attached hydrogen (secondary N) is 1. The van der Waals surface area contributed by atoms with Crippen molar-refractivity contribution in [3.8, 4) is 0 Å². The molecule has 100 valence electrons. The van der Waals surface area contributed by atoms with Crippen LogP contribution in [0.4, 0.5) is 0 Å². The SMILES string of the molecule is C=CCSc1ncccc1C(=O)NC1CCSC1=O. The number of carbonyl (C=O) groups excluding carboxylic acids is 2. The number of nitrogens with zero attached hydrogens (tertiary/aromatic N) is 1. The Morgan fingerprint density at radius 1 is 1.68 bits per heavy atom. The minimum absolute atomic E-state index is 0.0394. The molecule has 1 saturated heterocycles. The van der Waals surface area contributed by atoms with E-state index in [1.54, 1.807) is 24.4 Å². The van der Waals surface area contributed by atoms with E-state index in [9.17, 15) is 9.59 Å². The summed E-state index contributed by atoms with van der Waals surface area (Å²) in [5.41, 5.74) is 0.513. The predicted molar refractivity (Wildman–Crippen MR) is 78.5 cm³/mol. The largest absolute Gasteiger partial charge is 0.341 e. The van der Waals surface area contributed by atoms with Crippen molar-refractivity contribution in [1.29, 1.82) is 0 Å². The van der Waals surface area contributed by atoms with Gasteiger partial charge in [-0.05, 0) is 18.6 Å². The van der Waals surface area contributed by atoms with Crippen molar-refractivity contribution in [3.63, 3.8) is 0 Å². The van der Waals surface area contributed by atoms with Crippen LogP contribution >= 0.6 is 23.5 Å². The second kappa shape index (κ2) is 6.77. The van der Waals surface area contributed by atoms with E-state index < -0.39 is 0 Å². The third-order valence-corrected chi connectivity index (χ3v) is 4.60. The Morgan fingerprint density at radius 2 is 2.53 bits per heavy atom. The number of aromatic nitrogens is 1. The fourth-order valence-corrected chi connectivity index (χ4v) is 3.34. The van der Waals surface area contributed by atoms with Crippen molar-refractivity contribution < 1.29 is 9.59 Å². The molecule has 1 aliphatic heterocycles. The second-order valence-corrected chi connectivity index (χ2v) is 6.05. The quantitative estimate of drug-likeness (QED) is 0.666. The molecule has 0 bridgehead atoms. The first kappa shape index (κ1) is 14.1. The van der Waals surface area contributed by atoms with Gasteiger partial charge in [0.1, 0.15) is 5.03 Å². The number of thioether (sulfide) groups is 2. The molecule has 1 amide bonds. The highest BCUT2D eigenvalue weighted by atomic mass is 32.2. The molecule has 1 fully saturated rings. The minimum atomic E-state index is -0.366. The molecule has 1 aromatic rings. The fourth-order valence-electron chi connectivity index (χ4n) is 1.68. The first-order chi connectivity index (χ1) is 9.22. The zero-order chi connectivity index (χ0) is 13.7. The lowest BCUT2D eigenvalue weighted by molar-refractivity contribution is -0.112. The van der Waals surface area contributed by atoms with Gasteiger partial charge in [0.25, 0.3) is 5.91 Å². The van der Waals surface area contributed by atoms with Crippen molar-refractivity contribution >= 4 is 34.5 Å². The van der Waals surface area contributed by atoms with Crippen LogP contribution in [0.1, 0.15) is 16.8 Å². The zero-order valence-corrected chi connectivity index (χ0v) is 11.9. The molecule has 2 heterocycles.